The number of carbonyl (C=O) groups is 1. The maximum absolute atomic E-state index is 13.3. The van der Waals surface area contributed by atoms with Gasteiger partial charge in [0.2, 0.25) is 0 Å². The molecule has 0 radical (unpaired) electrons. The minimum Gasteiger partial charge on any atom is -0.497 e. The molecule has 0 saturated carbocycles. The number of hydrogen-bond acceptors (Lipinski definition) is 4. The Morgan fingerprint density at radius 3 is 2.55 bits per heavy atom. The zero-order chi connectivity index (χ0) is 20.2. The number of ether oxygens (including phenoxy) is 1. The molecule has 1 fully saturated rings. The molecule has 1 saturated heterocycles. The molecule has 29 heavy (non-hydrogen) atoms. The maximum Gasteiger partial charge on any atom is 0.257 e. The minimum absolute atomic E-state index is 0.0745. The number of benzene rings is 2. The highest BCUT2D eigenvalue weighted by Gasteiger charge is 2.34. The van der Waals surface area contributed by atoms with Crippen LogP contribution in [-0.4, -0.2) is 47.8 Å². The van der Waals surface area contributed by atoms with Crippen LogP contribution in [0.4, 0.5) is 0 Å². The summed E-state index contributed by atoms with van der Waals surface area (Å²) in [4.78, 5) is 15.6. The summed E-state index contributed by atoms with van der Waals surface area (Å²) >= 11 is 0. The fourth-order valence-corrected chi connectivity index (χ4v) is 4.27. The third kappa shape index (κ3) is 4.35. The molecule has 2 aliphatic rings. The largest absolute Gasteiger partial charge is 0.497 e. The predicted molar refractivity (Wildman–Crippen MR) is 115 cm³/mol. The van der Waals surface area contributed by atoms with Crippen molar-refractivity contribution in [1.82, 2.24) is 9.91 Å². The fraction of sp³-hybridized carbons (Fsp3) is 0.417. The van der Waals surface area contributed by atoms with Gasteiger partial charge in [0.05, 0.1) is 25.4 Å². The number of likely N-dealkylation sites (tertiary alicyclic amines) is 1. The van der Waals surface area contributed by atoms with E-state index in [2.05, 4.69) is 24.0 Å². The second-order valence-electron chi connectivity index (χ2n) is 7.96. The van der Waals surface area contributed by atoms with E-state index >= 15 is 0 Å². The Labute approximate surface area is 173 Å². The number of piperidine rings is 1. The van der Waals surface area contributed by atoms with Crippen LogP contribution < -0.4 is 4.74 Å². The summed E-state index contributed by atoms with van der Waals surface area (Å²) in [6.07, 6.45) is 4.30. The van der Waals surface area contributed by atoms with E-state index < -0.39 is 0 Å². The van der Waals surface area contributed by atoms with Gasteiger partial charge in [-0.1, -0.05) is 48.9 Å². The monoisotopic (exact) mass is 391 g/mol. The second kappa shape index (κ2) is 8.78. The Balaban J connectivity index is 1.59. The lowest BCUT2D eigenvalue weighted by atomic mass is 9.98. The van der Waals surface area contributed by atoms with E-state index in [1.165, 1.54) is 6.42 Å². The molecule has 4 rings (SSSR count). The molecule has 2 aromatic rings. The van der Waals surface area contributed by atoms with Crippen LogP contribution in [0.3, 0.4) is 0 Å². The Hall–Kier alpha value is -2.66. The molecule has 5 heteroatoms. The van der Waals surface area contributed by atoms with Crippen molar-refractivity contribution < 1.29 is 9.53 Å². The van der Waals surface area contributed by atoms with Crippen molar-refractivity contribution in [3.8, 4) is 5.75 Å². The first-order valence-electron chi connectivity index (χ1n) is 10.5. The Morgan fingerprint density at radius 1 is 1.10 bits per heavy atom. The summed E-state index contributed by atoms with van der Waals surface area (Å²) in [6.45, 7) is 3.64. The number of nitrogens with zero attached hydrogens (tertiary/aromatic N) is 3. The van der Waals surface area contributed by atoms with Gasteiger partial charge in [0, 0.05) is 12.5 Å². The van der Waals surface area contributed by atoms with Gasteiger partial charge in [-0.15, -0.1) is 0 Å². The van der Waals surface area contributed by atoms with Crippen LogP contribution in [0.15, 0.2) is 59.7 Å². The van der Waals surface area contributed by atoms with Gasteiger partial charge in [0.25, 0.3) is 5.91 Å². The third-order valence-corrected chi connectivity index (χ3v) is 6.05. The Bertz CT molecular complexity index is 863. The normalized spacial score (nSPS) is 22.4. The number of rotatable bonds is 5. The van der Waals surface area contributed by atoms with Gasteiger partial charge < -0.3 is 4.74 Å². The van der Waals surface area contributed by atoms with Crippen LogP contribution in [0.25, 0.3) is 0 Å². The Kier molecular flexibility index (Phi) is 5.95. The van der Waals surface area contributed by atoms with Crippen LogP contribution in [0, 0.1) is 0 Å². The standard InChI is InChI=1S/C24H29N3O2/c1-18-8-6-7-15-26(18)17-24(28)27-23(20-11-13-21(29-2)14-12-20)16-22(25-27)19-9-4-3-5-10-19/h3-5,9-14,18,23H,6-8,15-17H2,1-2H3/t18-,23-/m0/s1. The smallest absolute Gasteiger partial charge is 0.257 e. The fourth-order valence-electron chi connectivity index (χ4n) is 4.27. The maximum atomic E-state index is 13.3. The van der Waals surface area contributed by atoms with Gasteiger partial charge in [-0.05, 0) is 49.6 Å². The lowest BCUT2D eigenvalue weighted by Crippen LogP contribution is -2.44. The van der Waals surface area contributed by atoms with Crippen molar-refractivity contribution in [2.24, 2.45) is 5.10 Å². The first kappa shape index (κ1) is 19.6. The molecule has 0 spiro atoms. The van der Waals surface area contributed by atoms with Crippen LogP contribution in [0.5, 0.6) is 5.75 Å². The highest BCUT2D eigenvalue weighted by Crippen LogP contribution is 2.34. The van der Waals surface area contributed by atoms with Gasteiger partial charge in [-0.3, -0.25) is 9.69 Å². The molecule has 2 aromatic carbocycles. The van der Waals surface area contributed by atoms with E-state index in [0.29, 0.717) is 12.6 Å². The molecule has 2 heterocycles. The average Bonchev–Trinajstić information content (AvgIpc) is 3.22. The van der Waals surface area contributed by atoms with E-state index in [9.17, 15) is 4.79 Å². The molecule has 0 aliphatic carbocycles. The first-order valence-corrected chi connectivity index (χ1v) is 10.5. The van der Waals surface area contributed by atoms with E-state index in [4.69, 9.17) is 9.84 Å². The molecule has 2 aliphatic heterocycles. The molecular formula is C24H29N3O2. The van der Waals surface area contributed by atoms with Crippen molar-refractivity contribution in [2.45, 2.75) is 44.7 Å². The summed E-state index contributed by atoms with van der Waals surface area (Å²) in [5.74, 6) is 0.890. The number of methoxy groups -OCH3 is 1. The predicted octanol–water partition coefficient (Wildman–Crippen LogP) is 4.25. The Morgan fingerprint density at radius 2 is 1.86 bits per heavy atom. The number of hydrogen-bond donors (Lipinski definition) is 0. The zero-order valence-corrected chi connectivity index (χ0v) is 17.3. The van der Waals surface area contributed by atoms with Crippen molar-refractivity contribution in [1.29, 1.82) is 0 Å². The van der Waals surface area contributed by atoms with Crippen molar-refractivity contribution >= 4 is 11.6 Å². The lowest BCUT2D eigenvalue weighted by Gasteiger charge is -2.34. The number of amides is 1. The van der Waals surface area contributed by atoms with Gasteiger partial charge in [-0.25, -0.2) is 5.01 Å². The highest BCUT2D eigenvalue weighted by atomic mass is 16.5. The van der Waals surface area contributed by atoms with Gasteiger partial charge in [0.1, 0.15) is 5.75 Å². The lowest BCUT2D eigenvalue weighted by molar-refractivity contribution is -0.135. The van der Waals surface area contributed by atoms with Gasteiger partial charge in [0.15, 0.2) is 0 Å². The van der Waals surface area contributed by atoms with E-state index in [1.807, 2.05) is 42.5 Å². The highest BCUT2D eigenvalue weighted by molar-refractivity contribution is 6.03. The third-order valence-electron chi connectivity index (χ3n) is 6.05. The summed E-state index contributed by atoms with van der Waals surface area (Å²) in [5, 5.41) is 6.51. The number of carbonyl (C=O) groups excluding carboxylic acids is 1. The number of hydrazone groups is 1. The molecule has 0 N–H and O–H groups in total. The van der Waals surface area contributed by atoms with Crippen LogP contribution >= 0.6 is 0 Å². The summed E-state index contributed by atoms with van der Waals surface area (Å²) in [6, 6.07) is 18.5. The van der Waals surface area contributed by atoms with Crippen molar-refractivity contribution in [2.75, 3.05) is 20.2 Å². The average molecular weight is 392 g/mol. The van der Waals surface area contributed by atoms with E-state index in [0.717, 1.165) is 48.4 Å². The molecule has 2 atom stereocenters. The van der Waals surface area contributed by atoms with Gasteiger partial charge in [-0.2, -0.15) is 5.10 Å². The van der Waals surface area contributed by atoms with Crippen molar-refractivity contribution in [3.63, 3.8) is 0 Å². The summed E-state index contributed by atoms with van der Waals surface area (Å²) in [5.41, 5.74) is 3.12. The molecule has 0 unspecified atom stereocenters. The first-order chi connectivity index (χ1) is 14.2. The quantitative estimate of drug-likeness (QED) is 0.766. The molecule has 152 valence electrons. The van der Waals surface area contributed by atoms with E-state index in [-0.39, 0.29) is 11.9 Å². The molecule has 0 bridgehead atoms. The second-order valence-corrected chi connectivity index (χ2v) is 7.96. The summed E-state index contributed by atoms with van der Waals surface area (Å²) < 4.78 is 5.29. The molecular weight excluding hydrogens is 362 g/mol. The van der Waals surface area contributed by atoms with Crippen molar-refractivity contribution in [3.05, 3.63) is 65.7 Å². The van der Waals surface area contributed by atoms with Crippen LogP contribution in [-0.2, 0) is 4.79 Å². The SMILES string of the molecule is COc1ccc([C@@H]2CC(c3ccccc3)=NN2C(=O)CN2CCCC[C@@H]2C)cc1. The summed E-state index contributed by atoms with van der Waals surface area (Å²) in [7, 11) is 1.66. The van der Waals surface area contributed by atoms with Crippen LogP contribution in [0.1, 0.15) is 49.8 Å². The topological polar surface area (TPSA) is 45.1 Å². The van der Waals surface area contributed by atoms with E-state index in [1.54, 1.807) is 12.1 Å². The van der Waals surface area contributed by atoms with Gasteiger partial charge >= 0.3 is 0 Å². The van der Waals surface area contributed by atoms with Crippen LogP contribution in [0.2, 0.25) is 0 Å². The molecule has 1 amide bonds. The molecule has 5 nitrogen and oxygen atoms in total. The molecule has 0 aromatic heterocycles. The minimum atomic E-state index is -0.0799. The zero-order valence-electron chi connectivity index (χ0n) is 17.3.